The number of fused-ring (bicyclic) bond motifs is 1. The van der Waals surface area contributed by atoms with E-state index in [-0.39, 0.29) is 6.61 Å². The summed E-state index contributed by atoms with van der Waals surface area (Å²) in [5, 5.41) is 9.46. The van der Waals surface area contributed by atoms with Gasteiger partial charge in [-0.25, -0.2) is 4.98 Å². The smallest absolute Gasteiger partial charge is 0.163 e. The quantitative estimate of drug-likeness (QED) is 0.787. The van der Waals surface area contributed by atoms with Gasteiger partial charge in [-0.05, 0) is 12.5 Å². The van der Waals surface area contributed by atoms with Gasteiger partial charge in [0, 0.05) is 24.2 Å². The molecule has 23 heavy (non-hydrogen) atoms. The van der Waals surface area contributed by atoms with E-state index in [4.69, 9.17) is 14.5 Å². The maximum atomic E-state index is 9.46. The van der Waals surface area contributed by atoms with Crippen LogP contribution in [-0.4, -0.2) is 35.5 Å². The summed E-state index contributed by atoms with van der Waals surface area (Å²) in [6, 6.07) is 11.9. The van der Waals surface area contributed by atoms with Crippen molar-refractivity contribution in [3.63, 3.8) is 0 Å². The first kappa shape index (κ1) is 15.4. The molecule has 5 nitrogen and oxygen atoms in total. The van der Waals surface area contributed by atoms with Crippen LogP contribution in [0.1, 0.15) is 5.56 Å². The first-order valence-corrected chi connectivity index (χ1v) is 7.48. The molecular weight excluding hydrogens is 292 g/mol. The molecule has 0 aliphatic rings. The largest absolute Gasteiger partial charge is 0.493 e. The number of hydrogen-bond acceptors (Lipinski definition) is 4. The molecule has 3 rings (SSSR count). The Kier molecular flexibility index (Phi) is 4.21. The maximum Gasteiger partial charge on any atom is 0.163 e. The topological polar surface area (TPSA) is 56.5 Å². The lowest BCUT2D eigenvalue weighted by molar-refractivity contribution is 0.278. The molecule has 5 heteroatoms. The third-order valence-electron chi connectivity index (χ3n) is 3.96. The van der Waals surface area contributed by atoms with E-state index in [1.54, 1.807) is 14.2 Å². The number of nitrogens with zero attached hydrogens (tertiary/aromatic N) is 2. The second kappa shape index (κ2) is 6.30. The van der Waals surface area contributed by atoms with Gasteiger partial charge in [0.05, 0.1) is 31.9 Å². The van der Waals surface area contributed by atoms with Gasteiger partial charge < -0.3 is 19.1 Å². The number of ether oxygens (including phenoxy) is 2. The van der Waals surface area contributed by atoms with Crippen LogP contribution < -0.4 is 9.47 Å². The normalized spacial score (nSPS) is 11.0. The van der Waals surface area contributed by atoms with Gasteiger partial charge in [-0.1, -0.05) is 24.3 Å². The van der Waals surface area contributed by atoms with Crippen molar-refractivity contribution in [2.45, 2.75) is 13.5 Å². The van der Waals surface area contributed by atoms with Gasteiger partial charge >= 0.3 is 0 Å². The van der Waals surface area contributed by atoms with Crippen LogP contribution in [0, 0.1) is 6.92 Å². The van der Waals surface area contributed by atoms with Crippen molar-refractivity contribution in [2.75, 3.05) is 20.8 Å². The molecule has 0 spiro atoms. The highest BCUT2D eigenvalue weighted by atomic mass is 16.5. The first-order valence-electron chi connectivity index (χ1n) is 7.48. The van der Waals surface area contributed by atoms with Crippen LogP contribution in [0.15, 0.2) is 36.4 Å². The molecule has 1 heterocycles. The van der Waals surface area contributed by atoms with Crippen molar-refractivity contribution in [2.24, 2.45) is 0 Å². The Hall–Kier alpha value is -2.53. The summed E-state index contributed by atoms with van der Waals surface area (Å²) in [5.74, 6) is 2.13. The Balaban J connectivity index is 2.30. The summed E-state index contributed by atoms with van der Waals surface area (Å²) < 4.78 is 12.8. The molecule has 120 valence electrons. The van der Waals surface area contributed by atoms with E-state index in [1.165, 1.54) is 0 Å². The van der Waals surface area contributed by atoms with E-state index in [0.717, 1.165) is 28.0 Å². The molecular formula is C18H20N2O3. The zero-order valence-corrected chi connectivity index (χ0v) is 13.5. The Bertz CT molecular complexity index is 840. The minimum Gasteiger partial charge on any atom is -0.493 e. The SMILES string of the molecule is COc1cc2nc(-c3ccccc3C)n(CCO)c2cc1OC. The van der Waals surface area contributed by atoms with Gasteiger partial charge in [-0.2, -0.15) is 0 Å². The van der Waals surface area contributed by atoms with Crippen molar-refractivity contribution < 1.29 is 14.6 Å². The minimum atomic E-state index is 0.0404. The first-order chi connectivity index (χ1) is 11.2. The number of aliphatic hydroxyl groups excluding tert-OH is 1. The van der Waals surface area contributed by atoms with Gasteiger partial charge in [0.25, 0.3) is 0 Å². The molecule has 0 radical (unpaired) electrons. The van der Waals surface area contributed by atoms with Crippen LogP contribution in [0.2, 0.25) is 0 Å². The zero-order chi connectivity index (χ0) is 16.4. The molecule has 3 aromatic rings. The maximum absolute atomic E-state index is 9.46. The number of aliphatic hydroxyl groups is 1. The van der Waals surface area contributed by atoms with E-state index in [2.05, 4.69) is 13.0 Å². The molecule has 0 amide bonds. The number of hydrogen-bond donors (Lipinski definition) is 1. The van der Waals surface area contributed by atoms with Gasteiger partial charge in [0.15, 0.2) is 11.5 Å². The Morgan fingerprint density at radius 3 is 2.43 bits per heavy atom. The highest BCUT2D eigenvalue weighted by Crippen LogP contribution is 2.35. The lowest BCUT2D eigenvalue weighted by Crippen LogP contribution is -2.05. The summed E-state index contributed by atoms with van der Waals surface area (Å²) in [6.07, 6.45) is 0. The van der Waals surface area contributed by atoms with Crippen LogP contribution in [0.3, 0.4) is 0 Å². The standard InChI is InChI=1S/C18H20N2O3/c1-12-6-4-5-7-13(12)18-19-14-10-16(22-2)17(23-3)11-15(14)20(18)8-9-21/h4-7,10-11,21H,8-9H2,1-3H3. The molecule has 0 saturated carbocycles. The van der Waals surface area contributed by atoms with Crippen molar-refractivity contribution in [1.29, 1.82) is 0 Å². The van der Waals surface area contributed by atoms with Gasteiger partial charge in [0.1, 0.15) is 5.82 Å². The second-order valence-electron chi connectivity index (χ2n) is 5.32. The third kappa shape index (κ3) is 2.64. The number of aryl methyl sites for hydroxylation is 1. The summed E-state index contributed by atoms with van der Waals surface area (Å²) in [5.41, 5.74) is 3.92. The average Bonchev–Trinajstić information content (AvgIpc) is 2.92. The molecule has 1 aromatic heterocycles. The fourth-order valence-electron chi connectivity index (χ4n) is 2.81. The summed E-state index contributed by atoms with van der Waals surface area (Å²) in [6.45, 7) is 2.56. The highest BCUT2D eigenvalue weighted by molar-refractivity contribution is 5.84. The van der Waals surface area contributed by atoms with Crippen LogP contribution in [0.25, 0.3) is 22.4 Å². The van der Waals surface area contributed by atoms with E-state index >= 15 is 0 Å². The predicted molar refractivity (Wildman–Crippen MR) is 90.1 cm³/mol. The predicted octanol–water partition coefficient (Wildman–Crippen LogP) is 3.02. The van der Waals surface area contributed by atoms with Gasteiger partial charge in [-0.15, -0.1) is 0 Å². The van der Waals surface area contributed by atoms with Crippen molar-refractivity contribution in [3.8, 4) is 22.9 Å². The minimum absolute atomic E-state index is 0.0404. The van der Waals surface area contributed by atoms with E-state index in [1.807, 2.05) is 34.9 Å². The fourth-order valence-corrected chi connectivity index (χ4v) is 2.81. The zero-order valence-electron chi connectivity index (χ0n) is 13.5. The number of benzene rings is 2. The van der Waals surface area contributed by atoms with Crippen molar-refractivity contribution >= 4 is 11.0 Å². The Morgan fingerprint density at radius 2 is 1.78 bits per heavy atom. The lowest BCUT2D eigenvalue weighted by atomic mass is 10.1. The van der Waals surface area contributed by atoms with Crippen molar-refractivity contribution in [1.82, 2.24) is 9.55 Å². The monoisotopic (exact) mass is 312 g/mol. The van der Waals surface area contributed by atoms with Gasteiger partial charge in [-0.3, -0.25) is 0 Å². The highest BCUT2D eigenvalue weighted by Gasteiger charge is 2.17. The number of methoxy groups -OCH3 is 2. The lowest BCUT2D eigenvalue weighted by Gasteiger charge is -2.11. The van der Waals surface area contributed by atoms with E-state index < -0.39 is 0 Å². The molecule has 0 fully saturated rings. The van der Waals surface area contributed by atoms with E-state index in [9.17, 15) is 5.11 Å². The number of rotatable bonds is 5. The van der Waals surface area contributed by atoms with Gasteiger partial charge in [0.2, 0.25) is 0 Å². The molecule has 0 aliphatic carbocycles. The second-order valence-corrected chi connectivity index (χ2v) is 5.32. The average molecular weight is 312 g/mol. The Morgan fingerprint density at radius 1 is 1.09 bits per heavy atom. The van der Waals surface area contributed by atoms with Crippen LogP contribution >= 0.6 is 0 Å². The molecule has 0 aliphatic heterocycles. The van der Waals surface area contributed by atoms with E-state index in [0.29, 0.717) is 18.0 Å². The Labute approximate surface area is 135 Å². The number of imidazole rings is 1. The molecule has 0 atom stereocenters. The summed E-state index contributed by atoms with van der Waals surface area (Å²) in [4.78, 5) is 4.76. The molecule has 0 bridgehead atoms. The van der Waals surface area contributed by atoms with Crippen molar-refractivity contribution in [3.05, 3.63) is 42.0 Å². The van der Waals surface area contributed by atoms with Crippen LogP contribution in [-0.2, 0) is 6.54 Å². The number of aromatic nitrogens is 2. The summed E-state index contributed by atoms with van der Waals surface area (Å²) in [7, 11) is 3.22. The third-order valence-corrected chi connectivity index (χ3v) is 3.96. The fraction of sp³-hybridized carbons (Fsp3) is 0.278. The molecule has 0 unspecified atom stereocenters. The summed E-state index contributed by atoms with van der Waals surface area (Å²) >= 11 is 0. The molecule has 1 N–H and O–H groups in total. The molecule has 0 saturated heterocycles. The molecule has 2 aromatic carbocycles. The van der Waals surface area contributed by atoms with Crippen LogP contribution in [0.5, 0.6) is 11.5 Å². The van der Waals surface area contributed by atoms with Crippen LogP contribution in [0.4, 0.5) is 0 Å².